The van der Waals surface area contributed by atoms with Crippen LogP contribution in [0.4, 0.5) is 0 Å². The molecule has 0 aliphatic carbocycles. The van der Waals surface area contributed by atoms with E-state index in [2.05, 4.69) is 24.3 Å². The molecule has 0 N–H and O–H groups in total. The molecule has 0 atom stereocenters. The molecule has 1 aromatic rings. The van der Waals surface area contributed by atoms with Crippen LogP contribution in [0.2, 0.25) is 0 Å². The normalized spacial score (nSPS) is 9.45. The summed E-state index contributed by atoms with van der Waals surface area (Å²) < 4.78 is 0. The van der Waals surface area contributed by atoms with E-state index in [-0.39, 0.29) is 0 Å². The lowest BCUT2D eigenvalue weighted by Crippen LogP contribution is -1.74. The molecule has 0 spiro atoms. The first-order chi connectivity index (χ1) is 5.43. The molecule has 11 heavy (non-hydrogen) atoms. The average molecular weight is 163 g/mol. The third-order valence-electron chi connectivity index (χ3n) is 1.30. The van der Waals surface area contributed by atoms with E-state index in [0.717, 1.165) is 12.2 Å². The predicted molar refractivity (Wildman–Crippen MR) is 50.7 cm³/mol. The summed E-state index contributed by atoms with van der Waals surface area (Å²) >= 11 is 1.83. The maximum absolute atomic E-state index is 5.25. The number of allylic oxidation sites excluding steroid dienone is 1. The number of benzene rings is 1. The van der Waals surface area contributed by atoms with Gasteiger partial charge in [0.2, 0.25) is 0 Å². The molecule has 0 heterocycles. The van der Waals surface area contributed by atoms with E-state index in [4.69, 9.17) is 6.58 Å². The number of hydrogen-bond donors (Lipinski definition) is 0. The van der Waals surface area contributed by atoms with E-state index in [1.54, 1.807) is 6.08 Å². The van der Waals surface area contributed by atoms with E-state index in [0.29, 0.717) is 0 Å². The Kier molecular flexibility index (Phi) is 3.84. The van der Waals surface area contributed by atoms with Crippen LogP contribution in [0.1, 0.15) is 6.42 Å². The third-order valence-corrected chi connectivity index (χ3v) is 2.34. The first-order valence-electron chi connectivity index (χ1n) is 3.65. The van der Waals surface area contributed by atoms with Crippen molar-refractivity contribution >= 4 is 11.8 Å². The van der Waals surface area contributed by atoms with Crippen molar-refractivity contribution in [2.75, 3.05) is 5.75 Å². The lowest BCUT2D eigenvalue weighted by molar-refractivity contribution is 1.24. The Labute approximate surface area is 72.3 Å². The van der Waals surface area contributed by atoms with Crippen LogP contribution < -0.4 is 0 Å². The van der Waals surface area contributed by atoms with Gasteiger partial charge in [0.1, 0.15) is 0 Å². The van der Waals surface area contributed by atoms with Crippen molar-refractivity contribution in [3.05, 3.63) is 43.0 Å². The van der Waals surface area contributed by atoms with Gasteiger partial charge in [0.15, 0.2) is 0 Å². The maximum Gasteiger partial charge on any atom is 0.00720 e. The second-order valence-corrected chi connectivity index (χ2v) is 3.35. The van der Waals surface area contributed by atoms with E-state index >= 15 is 0 Å². The number of hydrogen-bond acceptors (Lipinski definition) is 1. The Morgan fingerprint density at radius 3 is 2.64 bits per heavy atom. The van der Waals surface area contributed by atoms with Gasteiger partial charge in [-0.05, 0) is 18.6 Å². The lowest BCUT2D eigenvalue weighted by Gasteiger charge is -1.96. The summed E-state index contributed by atoms with van der Waals surface area (Å²) in [5, 5.41) is 0. The molecule has 0 saturated heterocycles. The van der Waals surface area contributed by atoms with Gasteiger partial charge in [-0.1, -0.05) is 30.9 Å². The van der Waals surface area contributed by atoms with Crippen molar-refractivity contribution < 1.29 is 0 Å². The lowest BCUT2D eigenvalue weighted by atomic mass is 10.4. The van der Waals surface area contributed by atoms with Gasteiger partial charge < -0.3 is 0 Å². The Balaban J connectivity index is 2.33. The number of thioether (sulfide) groups is 1. The molecule has 0 aromatic heterocycles. The largest absolute Gasteiger partial charge is 0.126 e. The van der Waals surface area contributed by atoms with Crippen molar-refractivity contribution in [2.45, 2.75) is 11.3 Å². The predicted octanol–water partition coefficient (Wildman–Crippen LogP) is 3.16. The fourth-order valence-electron chi connectivity index (χ4n) is 0.762. The molecule has 0 nitrogen and oxygen atoms in total. The van der Waals surface area contributed by atoms with Crippen molar-refractivity contribution in [2.24, 2.45) is 0 Å². The summed E-state index contributed by atoms with van der Waals surface area (Å²) in [6.07, 6.45) is 2.68. The van der Waals surface area contributed by atoms with Crippen molar-refractivity contribution in [3.8, 4) is 0 Å². The van der Waals surface area contributed by atoms with Gasteiger partial charge in [-0.3, -0.25) is 0 Å². The SMILES string of the molecule is [CH]=CCCSc1ccccc1. The molecule has 0 aliphatic rings. The summed E-state index contributed by atoms with van der Waals surface area (Å²) in [6.45, 7) is 5.25. The minimum Gasteiger partial charge on any atom is -0.126 e. The van der Waals surface area contributed by atoms with Crippen LogP contribution in [0.5, 0.6) is 0 Å². The first-order valence-corrected chi connectivity index (χ1v) is 4.63. The van der Waals surface area contributed by atoms with E-state index in [1.165, 1.54) is 4.90 Å². The molecule has 1 radical (unpaired) electrons. The monoisotopic (exact) mass is 163 g/mol. The molecule has 0 unspecified atom stereocenters. The van der Waals surface area contributed by atoms with Gasteiger partial charge in [0.25, 0.3) is 0 Å². The summed E-state index contributed by atoms with van der Waals surface area (Å²) in [5.74, 6) is 1.07. The highest BCUT2D eigenvalue weighted by Crippen LogP contribution is 2.17. The van der Waals surface area contributed by atoms with Crippen LogP contribution >= 0.6 is 11.8 Å². The summed E-state index contributed by atoms with van der Waals surface area (Å²) in [6, 6.07) is 10.4. The van der Waals surface area contributed by atoms with Gasteiger partial charge in [-0.15, -0.1) is 11.8 Å². The molecule has 0 aliphatic heterocycles. The Morgan fingerprint density at radius 1 is 1.27 bits per heavy atom. The van der Waals surface area contributed by atoms with Crippen molar-refractivity contribution in [1.29, 1.82) is 0 Å². The zero-order valence-corrected chi connectivity index (χ0v) is 7.18. The van der Waals surface area contributed by atoms with Gasteiger partial charge in [0, 0.05) is 10.6 Å². The Hall–Kier alpha value is -0.690. The fraction of sp³-hybridized carbons (Fsp3) is 0.200. The third kappa shape index (κ3) is 3.28. The average Bonchev–Trinajstić information content (AvgIpc) is 2.07. The number of rotatable bonds is 4. The van der Waals surface area contributed by atoms with Crippen LogP contribution in [0.25, 0.3) is 0 Å². The van der Waals surface area contributed by atoms with Crippen molar-refractivity contribution in [1.82, 2.24) is 0 Å². The minimum atomic E-state index is 0.972. The minimum absolute atomic E-state index is 0.972. The molecule has 0 saturated carbocycles. The zero-order chi connectivity index (χ0) is 7.94. The molecular weight excluding hydrogens is 152 g/mol. The Morgan fingerprint density at radius 2 is 2.00 bits per heavy atom. The smallest absolute Gasteiger partial charge is 0.00720 e. The highest BCUT2D eigenvalue weighted by Gasteiger charge is 1.88. The highest BCUT2D eigenvalue weighted by atomic mass is 32.2. The molecule has 1 rings (SSSR count). The van der Waals surface area contributed by atoms with Gasteiger partial charge in [0.05, 0.1) is 0 Å². The fourth-order valence-corrected chi connectivity index (χ4v) is 1.60. The van der Waals surface area contributed by atoms with E-state index in [9.17, 15) is 0 Å². The van der Waals surface area contributed by atoms with E-state index < -0.39 is 0 Å². The second-order valence-electron chi connectivity index (χ2n) is 2.19. The maximum atomic E-state index is 5.25. The molecule has 57 valence electrons. The molecule has 0 fully saturated rings. The highest BCUT2D eigenvalue weighted by molar-refractivity contribution is 7.99. The Bertz CT molecular complexity index is 203. The standard InChI is InChI=1S/C10H11S/c1-2-3-9-11-10-7-5-4-6-8-10/h1-2,4-8H,3,9H2. The van der Waals surface area contributed by atoms with Crippen LogP contribution in [-0.4, -0.2) is 5.75 Å². The van der Waals surface area contributed by atoms with Gasteiger partial charge >= 0.3 is 0 Å². The van der Waals surface area contributed by atoms with Crippen molar-refractivity contribution in [3.63, 3.8) is 0 Å². The summed E-state index contributed by atoms with van der Waals surface area (Å²) in [5.41, 5.74) is 0. The molecule has 1 aromatic carbocycles. The van der Waals surface area contributed by atoms with Crippen LogP contribution in [0, 0.1) is 6.58 Å². The topological polar surface area (TPSA) is 0 Å². The van der Waals surface area contributed by atoms with Gasteiger partial charge in [-0.2, -0.15) is 0 Å². The van der Waals surface area contributed by atoms with Crippen LogP contribution in [-0.2, 0) is 0 Å². The summed E-state index contributed by atoms with van der Waals surface area (Å²) in [7, 11) is 0. The zero-order valence-electron chi connectivity index (χ0n) is 6.36. The van der Waals surface area contributed by atoms with Gasteiger partial charge in [-0.25, -0.2) is 0 Å². The molecule has 1 heteroatoms. The van der Waals surface area contributed by atoms with Crippen LogP contribution in [0.3, 0.4) is 0 Å². The van der Waals surface area contributed by atoms with Crippen LogP contribution in [0.15, 0.2) is 41.3 Å². The summed E-state index contributed by atoms with van der Waals surface area (Å²) in [4.78, 5) is 1.31. The molecule has 0 amide bonds. The molecular formula is C10H11S. The quantitative estimate of drug-likeness (QED) is 0.485. The molecule has 0 bridgehead atoms. The first kappa shape index (κ1) is 8.41. The second kappa shape index (κ2) is 5.03. The van der Waals surface area contributed by atoms with E-state index in [1.807, 2.05) is 17.8 Å².